The topological polar surface area (TPSA) is 83.1 Å². The van der Waals surface area contributed by atoms with Gasteiger partial charge in [0.15, 0.2) is 0 Å². The molecule has 0 amide bonds. The summed E-state index contributed by atoms with van der Waals surface area (Å²) in [6.45, 7) is 4.04. The van der Waals surface area contributed by atoms with Gasteiger partial charge in [0.1, 0.15) is 0 Å². The highest BCUT2D eigenvalue weighted by Gasteiger charge is 2.12. The molecule has 3 rings (SSSR count). The molecule has 24 heavy (non-hydrogen) atoms. The summed E-state index contributed by atoms with van der Waals surface area (Å²) in [6.07, 6.45) is 1.72. The van der Waals surface area contributed by atoms with Crippen LogP contribution in [0.2, 0.25) is 0 Å². The third kappa shape index (κ3) is 3.29. The van der Waals surface area contributed by atoms with Gasteiger partial charge in [-0.25, -0.2) is 4.98 Å². The molecule has 1 atom stereocenters. The summed E-state index contributed by atoms with van der Waals surface area (Å²) < 4.78 is 1.32. The van der Waals surface area contributed by atoms with Crippen LogP contribution in [0, 0.1) is 11.3 Å². The third-order valence-corrected chi connectivity index (χ3v) is 4.50. The van der Waals surface area contributed by atoms with Crippen molar-refractivity contribution in [2.24, 2.45) is 0 Å². The van der Waals surface area contributed by atoms with Crippen molar-refractivity contribution in [3.05, 3.63) is 57.5 Å². The Morgan fingerprint density at radius 3 is 3.00 bits per heavy atom. The molecule has 1 unspecified atom stereocenters. The molecule has 1 aromatic carbocycles. The van der Waals surface area contributed by atoms with E-state index in [1.807, 2.05) is 25.1 Å². The second kappa shape index (κ2) is 6.81. The Balaban J connectivity index is 1.88. The molecule has 0 aliphatic heterocycles. The lowest BCUT2D eigenvalue weighted by Crippen LogP contribution is -2.15. The lowest BCUT2D eigenvalue weighted by Gasteiger charge is -2.12. The minimum Gasteiger partial charge on any atom is -0.354 e. The number of nitrogens with zero attached hydrogens (tertiary/aromatic N) is 4. The fourth-order valence-electron chi connectivity index (χ4n) is 2.44. The van der Waals surface area contributed by atoms with Gasteiger partial charge in [-0.3, -0.25) is 4.79 Å². The Morgan fingerprint density at radius 1 is 1.42 bits per heavy atom. The highest BCUT2D eigenvalue weighted by Crippen LogP contribution is 2.23. The van der Waals surface area contributed by atoms with Crippen molar-refractivity contribution in [2.45, 2.75) is 32.7 Å². The Kier molecular flexibility index (Phi) is 4.58. The van der Waals surface area contributed by atoms with Crippen LogP contribution in [0.3, 0.4) is 0 Å². The number of nitrogens with one attached hydrogen (secondary N) is 1. The van der Waals surface area contributed by atoms with Gasteiger partial charge in [0, 0.05) is 11.8 Å². The van der Waals surface area contributed by atoms with E-state index in [9.17, 15) is 4.79 Å². The maximum Gasteiger partial charge on any atom is 0.275 e. The molecular weight excluding hydrogens is 322 g/mol. The van der Waals surface area contributed by atoms with Crippen LogP contribution >= 0.6 is 11.3 Å². The molecule has 0 fully saturated rings. The van der Waals surface area contributed by atoms with Crippen molar-refractivity contribution in [2.75, 3.05) is 5.32 Å². The van der Waals surface area contributed by atoms with Gasteiger partial charge in [0.2, 0.25) is 10.1 Å². The molecule has 122 valence electrons. The zero-order chi connectivity index (χ0) is 17.1. The third-order valence-electron chi connectivity index (χ3n) is 3.66. The Bertz CT molecular complexity index is 969. The number of rotatable bonds is 5. The van der Waals surface area contributed by atoms with E-state index >= 15 is 0 Å². The van der Waals surface area contributed by atoms with Gasteiger partial charge in [-0.1, -0.05) is 36.8 Å². The smallest absolute Gasteiger partial charge is 0.275 e. The largest absolute Gasteiger partial charge is 0.354 e. The van der Waals surface area contributed by atoms with E-state index in [-0.39, 0.29) is 11.6 Å². The van der Waals surface area contributed by atoms with Crippen LogP contribution < -0.4 is 10.9 Å². The highest BCUT2D eigenvalue weighted by atomic mass is 32.1. The van der Waals surface area contributed by atoms with Gasteiger partial charge >= 0.3 is 0 Å². The predicted octanol–water partition coefficient (Wildman–Crippen LogP) is 3.15. The quantitative estimate of drug-likeness (QED) is 0.772. The molecule has 0 aliphatic carbocycles. The fraction of sp³-hybridized carbons (Fsp3) is 0.294. The van der Waals surface area contributed by atoms with E-state index in [4.69, 9.17) is 5.26 Å². The second-order valence-electron chi connectivity index (χ2n) is 5.54. The van der Waals surface area contributed by atoms with Crippen LogP contribution in [0.25, 0.3) is 4.96 Å². The van der Waals surface area contributed by atoms with E-state index < -0.39 is 0 Å². The van der Waals surface area contributed by atoms with Gasteiger partial charge in [-0.2, -0.15) is 9.78 Å². The zero-order valence-electron chi connectivity index (χ0n) is 13.5. The molecule has 0 saturated carbocycles. The number of hydrogen-bond donors (Lipinski definition) is 1. The van der Waals surface area contributed by atoms with Gasteiger partial charge < -0.3 is 5.32 Å². The zero-order valence-corrected chi connectivity index (χ0v) is 14.3. The molecule has 0 spiro atoms. The molecule has 0 aliphatic rings. The molecule has 1 N–H and O–H groups in total. The number of hydrogen-bond acceptors (Lipinski definition) is 6. The number of aryl methyl sites for hydroxylation is 1. The van der Waals surface area contributed by atoms with Crippen molar-refractivity contribution in [1.82, 2.24) is 14.6 Å². The summed E-state index contributed by atoms with van der Waals surface area (Å²) in [7, 11) is 0. The van der Waals surface area contributed by atoms with Crippen molar-refractivity contribution in [3.8, 4) is 6.07 Å². The number of anilines is 1. The first kappa shape index (κ1) is 16.1. The van der Waals surface area contributed by atoms with Gasteiger partial charge in [0.25, 0.3) is 5.56 Å². The number of fused-ring (bicyclic) bond motifs is 1. The lowest BCUT2D eigenvalue weighted by atomic mass is 10.1. The minimum atomic E-state index is -0.160. The minimum absolute atomic E-state index is 0.0373. The monoisotopic (exact) mass is 339 g/mol. The number of benzene rings is 1. The maximum absolute atomic E-state index is 12.1. The van der Waals surface area contributed by atoms with Crippen LogP contribution in [0.15, 0.2) is 35.1 Å². The van der Waals surface area contributed by atoms with Crippen LogP contribution in [0.1, 0.15) is 43.1 Å². The van der Waals surface area contributed by atoms with Gasteiger partial charge in [-0.05, 0) is 31.0 Å². The standard InChI is InChI=1S/C17H17N5OS/c1-3-5-14-9-15(23)22-17(20-14)24-16(21-22)19-11(2)13-7-4-6-12(8-13)10-18/h4,6-9,11H,3,5H2,1-2H3,(H,19,21). The normalized spacial score (nSPS) is 12.0. The average Bonchev–Trinajstić information content (AvgIpc) is 2.98. The summed E-state index contributed by atoms with van der Waals surface area (Å²) >= 11 is 1.35. The lowest BCUT2D eigenvalue weighted by molar-refractivity contribution is 0.826. The molecule has 0 bridgehead atoms. The molecular formula is C17H17N5OS. The van der Waals surface area contributed by atoms with Crippen LogP contribution in [0.5, 0.6) is 0 Å². The summed E-state index contributed by atoms with van der Waals surface area (Å²) in [5, 5.41) is 17.2. The van der Waals surface area contributed by atoms with Crippen molar-refractivity contribution >= 4 is 21.4 Å². The highest BCUT2D eigenvalue weighted by molar-refractivity contribution is 7.20. The average molecular weight is 339 g/mol. The molecule has 3 aromatic rings. The van der Waals surface area contributed by atoms with Gasteiger partial charge in [-0.15, -0.1) is 5.10 Å². The molecule has 2 heterocycles. The van der Waals surface area contributed by atoms with E-state index in [1.54, 1.807) is 12.1 Å². The Hall–Kier alpha value is -2.72. The first-order valence-corrected chi connectivity index (χ1v) is 8.58. The van der Waals surface area contributed by atoms with E-state index in [1.165, 1.54) is 15.9 Å². The second-order valence-corrected chi connectivity index (χ2v) is 6.50. The van der Waals surface area contributed by atoms with Gasteiger partial charge in [0.05, 0.1) is 17.7 Å². The Labute approximate surface area is 143 Å². The van der Waals surface area contributed by atoms with Crippen molar-refractivity contribution < 1.29 is 0 Å². The van der Waals surface area contributed by atoms with Crippen LogP contribution in [-0.4, -0.2) is 14.6 Å². The van der Waals surface area contributed by atoms with E-state index in [2.05, 4.69) is 28.4 Å². The first-order chi connectivity index (χ1) is 11.6. The Morgan fingerprint density at radius 2 is 2.25 bits per heavy atom. The number of nitriles is 1. The summed E-state index contributed by atoms with van der Waals surface area (Å²) in [6, 6.07) is 11.1. The fourth-order valence-corrected chi connectivity index (χ4v) is 3.36. The molecule has 2 aromatic heterocycles. The van der Waals surface area contributed by atoms with E-state index in [0.29, 0.717) is 15.7 Å². The van der Waals surface area contributed by atoms with E-state index in [0.717, 1.165) is 24.1 Å². The van der Waals surface area contributed by atoms with Crippen LogP contribution in [-0.2, 0) is 6.42 Å². The summed E-state index contributed by atoms with van der Waals surface area (Å²) in [4.78, 5) is 17.2. The summed E-state index contributed by atoms with van der Waals surface area (Å²) in [5.74, 6) is 0. The SMILES string of the molecule is CCCc1cc(=O)n2nc(NC(C)c3cccc(C#N)c3)sc2n1. The number of aromatic nitrogens is 3. The molecule has 0 radical (unpaired) electrons. The first-order valence-electron chi connectivity index (χ1n) is 7.77. The maximum atomic E-state index is 12.1. The van der Waals surface area contributed by atoms with Crippen molar-refractivity contribution in [3.63, 3.8) is 0 Å². The summed E-state index contributed by atoms with van der Waals surface area (Å²) in [5.41, 5.74) is 2.24. The molecule has 7 heteroatoms. The van der Waals surface area contributed by atoms with Crippen LogP contribution in [0.4, 0.5) is 5.13 Å². The molecule has 6 nitrogen and oxygen atoms in total. The van der Waals surface area contributed by atoms with Crippen molar-refractivity contribution in [1.29, 1.82) is 5.26 Å². The molecule has 0 saturated heterocycles. The predicted molar refractivity (Wildman–Crippen MR) is 94.3 cm³/mol.